The predicted octanol–water partition coefficient (Wildman–Crippen LogP) is 1.98. The molecule has 1 aliphatic carbocycles. The van der Waals surface area contributed by atoms with Crippen LogP contribution in [0.25, 0.3) is 11.6 Å². The molecule has 1 fully saturated rings. The number of fused-ring (bicyclic) bond motifs is 2. The fraction of sp³-hybridized carbons (Fsp3) is 0.348. The summed E-state index contributed by atoms with van der Waals surface area (Å²) in [5, 5.41) is 4.27. The van der Waals surface area contributed by atoms with Crippen LogP contribution in [0.2, 0.25) is 0 Å². The Balaban J connectivity index is 1.15. The molecular weight excluding hydrogens is 456 g/mol. The molecule has 0 amide bonds. The molecule has 3 aromatic rings. The first kappa shape index (κ1) is 21.1. The minimum absolute atomic E-state index is 0.108. The van der Waals surface area contributed by atoms with Gasteiger partial charge in [-0.2, -0.15) is 5.10 Å². The molecular formula is C23H24N6O4S. The molecule has 0 spiro atoms. The summed E-state index contributed by atoms with van der Waals surface area (Å²) in [4.78, 5) is 11.5. The monoisotopic (exact) mass is 480 g/mol. The van der Waals surface area contributed by atoms with E-state index in [1.54, 1.807) is 23.1 Å². The normalized spacial score (nSPS) is 17.7. The highest BCUT2D eigenvalue weighted by Gasteiger charge is 2.29. The fourth-order valence-corrected chi connectivity index (χ4v) is 6.00. The summed E-state index contributed by atoms with van der Waals surface area (Å²) in [5.41, 5.74) is 4.31. The van der Waals surface area contributed by atoms with Gasteiger partial charge in [-0.25, -0.2) is 23.1 Å². The second kappa shape index (κ2) is 8.10. The van der Waals surface area contributed by atoms with E-state index in [1.165, 1.54) is 11.6 Å². The third-order valence-corrected chi connectivity index (χ3v) is 7.99. The Morgan fingerprint density at radius 3 is 2.74 bits per heavy atom. The van der Waals surface area contributed by atoms with Crippen LogP contribution < -0.4 is 19.1 Å². The van der Waals surface area contributed by atoms with Crippen molar-refractivity contribution in [1.29, 1.82) is 0 Å². The first-order valence-corrected chi connectivity index (χ1v) is 12.6. The second-order valence-corrected chi connectivity index (χ2v) is 10.4. The van der Waals surface area contributed by atoms with E-state index >= 15 is 0 Å². The SMILES string of the molecule is Cn1cc(C2=Cc3c(ncnc3N3CCC(NS(=O)(=O)c4ccc5c(c4)OCO5)CC3)C2)cn1. The van der Waals surface area contributed by atoms with Crippen molar-refractivity contribution in [2.45, 2.75) is 30.2 Å². The second-order valence-electron chi connectivity index (χ2n) is 8.70. The van der Waals surface area contributed by atoms with Crippen LogP contribution in [0.3, 0.4) is 0 Å². The number of rotatable bonds is 5. The van der Waals surface area contributed by atoms with Crippen LogP contribution in [0.1, 0.15) is 29.7 Å². The smallest absolute Gasteiger partial charge is 0.240 e. The van der Waals surface area contributed by atoms with Crippen molar-refractivity contribution in [3.05, 3.63) is 53.7 Å². The van der Waals surface area contributed by atoms with Crippen LogP contribution in [0.5, 0.6) is 11.5 Å². The van der Waals surface area contributed by atoms with Crippen LogP contribution in [0.15, 0.2) is 41.8 Å². The number of sulfonamides is 1. The summed E-state index contributed by atoms with van der Waals surface area (Å²) >= 11 is 0. The van der Waals surface area contributed by atoms with Gasteiger partial charge in [0.15, 0.2) is 11.5 Å². The number of nitrogens with one attached hydrogen (secondary N) is 1. The van der Waals surface area contributed by atoms with Gasteiger partial charge in [0, 0.05) is 56.0 Å². The van der Waals surface area contributed by atoms with Crippen LogP contribution in [-0.4, -0.2) is 54.1 Å². The first-order chi connectivity index (χ1) is 16.5. The topological polar surface area (TPSA) is 111 Å². The fourth-order valence-electron chi connectivity index (χ4n) is 4.68. The lowest BCUT2D eigenvalue weighted by molar-refractivity contribution is 0.174. The lowest BCUT2D eigenvalue weighted by atomic mass is 10.1. The lowest BCUT2D eigenvalue weighted by Crippen LogP contribution is -2.45. The minimum atomic E-state index is -3.66. The quantitative estimate of drug-likeness (QED) is 0.590. The molecule has 2 aliphatic heterocycles. The van der Waals surface area contributed by atoms with Gasteiger partial charge in [-0.1, -0.05) is 0 Å². The summed E-state index contributed by atoms with van der Waals surface area (Å²) in [6.45, 7) is 1.51. The van der Waals surface area contributed by atoms with E-state index in [9.17, 15) is 8.42 Å². The van der Waals surface area contributed by atoms with Gasteiger partial charge in [0.05, 0.1) is 16.8 Å². The van der Waals surface area contributed by atoms with Crippen LogP contribution in [-0.2, 0) is 23.5 Å². The van der Waals surface area contributed by atoms with E-state index < -0.39 is 10.0 Å². The van der Waals surface area contributed by atoms with Gasteiger partial charge < -0.3 is 14.4 Å². The molecule has 176 valence electrons. The van der Waals surface area contributed by atoms with E-state index in [1.807, 2.05) is 19.4 Å². The number of benzene rings is 1. The van der Waals surface area contributed by atoms with Gasteiger partial charge in [0.2, 0.25) is 16.8 Å². The minimum Gasteiger partial charge on any atom is -0.454 e. The van der Waals surface area contributed by atoms with E-state index in [0.29, 0.717) is 37.4 Å². The lowest BCUT2D eigenvalue weighted by Gasteiger charge is -2.33. The maximum absolute atomic E-state index is 12.9. The van der Waals surface area contributed by atoms with Crippen molar-refractivity contribution in [2.24, 2.45) is 7.05 Å². The standard InChI is InChI=1S/C23H24N6O4S/c1-28-12-16(11-26-28)15-8-19-20(9-15)24-13-25-23(19)29-6-4-17(5-7-29)27-34(30,31)18-2-3-21-22(10-18)33-14-32-21/h2-3,8,10-13,17,27H,4-7,9,14H2,1H3. The van der Waals surface area contributed by atoms with Crippen molar-refractivity contribution in [1.82, 2.24) is 24.5 Å². The highest BCUT2D eigenvalue weighted by Crippen LogP contribution is 2.36. The van der Waals surface area contributed by atoms with Crippen LogP contribution >= 0.6 is 0 Å². The highest BCUT2D eigenvalue weighted by atomic mass is 32.2. The van der Waals surface area contributed by atoms with Gasteiger partial charge in [0.25, 0.3) is 0 Å². The average Bonchev–Trinajstić information content (AvgIpc) is 3.57. The molecule has 1 saturated heterocycles. The summed E-state index contributed by atoms with van der Waals surface area (Å²) in [6, 6.07) is 4.53. The Bertz CT molecular complexity index is 1390. The Hall–Kier alpha value is -3.44. The molecule has 0 atom stereocenters. The summed E-state index contributed by atoms with van der Waals surface area (Å²) in [5.74, 6) is 1.92. The molecule has 34 heavy (non-hydrogen) atoms. The van der Waals surface area contributed by atoms with Gasteiger partial charge in [-0.15, -0.1) is 0 Å². The Morgan fingerprint density at radius 2 is 1.94 bits per heavy atom. The average molecular weight is 481 g/mol. The van der Waals surface area contributed by atoms with Crippen LogP contribution in [0, 0.1) is 0 Å². The molecule has 1 aromatic carbocycles. The largest absolute Gasteiger partial charge is 0.454 e. The molecule has 0 unspecified atom stereocenters. The number of hydrogen-bond acceptors (Lipinski definition) is 8. The Morgan fingerprint density at radius 1 is 1.12 bits per heavy atom. The zero-order valence-corrected chi connectivity index (χ0v) is 19.5. The summed E-state index contributed by atoms with van der Waals surface area (Å²) < 4.78 is 41.1. The van der Waals surface area contributed by atoms with E-state index in [-0.39, 0.29) is 17.7 Å². The van der Waals surface area contributed by atoms with Gasteiger partial charge in [-0.3, -0.25) is 4.68 Å². The zero-order valence-electron chi connectivity index (χ0n) is 18.6. The van der Waals surface area contributed by atoms with E-state index in [2.05, 4.69) is 30.8 Å². The molecule has 4 heterocycles. The third-order valence-electron chi connectivity index (χ3n) is 6.47. The van der Waals surface area contributed by atoms with Gasteiger partial charge in [0.1, 0.15) is 12.1 Å². The molecule has 0 saturated carbocycles. The number of anilines is 1. The van der Waals surface area contributed by atoms with Crippen molar-refractivity contribution in [3.8, 4) is 11.5 Å². The number of ether oxygens (including phenoxy) is 2. The van der Waals surface area contributed by atoms with E-state index in [4.69, 9.17) is 9.47 Å². The number of allylic oxidation sites excluding steroid dienone is 1. The highest BCUT2D eigenvalue weighted by molar-refractivity contribution is 7.89. The molecule has 11 heteroatoms. The predicted molar refractivity (Wildman–Crippen MR) is 125 cm³/mol. The Kier molecular flexibility index (Phi) is 5.03. The molecule has 0 bridgehead atoms. The molecule has 10 nitrogen and oxygen atoms in total. The number of piperidine rings is 1. The molecule has 6 rings (SSSR count). The molecule has 1 N–H and O–H groups in total. The summed E-state index contributed by atoms with van der Waals surface area (Å²) in [6.07, 6.45) is 9.75. The van der Waals surface area contributed by atoms with E-state index in [0.717, 1.165) is 29.1 Å². The molecule has 2 aromatic heterocycles. The van der Waals surface area contributed by atoms with Crippen molar-refractivity contribution >= 4 is 27.5 Å². The Labute approximate surface area is 197 Å². The van der Waals surface area contributed by atoms with Gasteiger partial charge >= 0.3 is 0 Å². The number of aromatic nitrogens is 4. The third kappa shape index (κ3) is 3.80. The number of aryl methyl sites for hydroxylation is 1. The van der Waals surface area contributed by atoms with Crippen LogP contribution in [0.4, 0.5) is 5.82 Å². The maximum Gasteiger partial charge on any atom is 0.240 e. The van der Waals surface area contributed by atoms with Crippen molar-refractivity contribution < 1.29 is 17.9 Å². The number of hydrogen-bond donors (Lipinski definition) is 1. The summed E-state index contributed by atoms with van der Waals surface area (Å²) in [7, 11) is -1.75. The van der Waals surface area contributed by atoms with Gasteiger partial charge in [-0.05, 0) is 36.6 Å². The molecule has 0 radical (unpaired) electrons. The van der Waals surface area contributed by atoms with Crippen molar-refractivity contribution in [2.75, 3.05) is 24.8 Å². The number of nitrogens with zero attached hydrogens (tertiary/aromatic N) is 5. The van der Waals surface area contributed by atoms with Crippen molar-refractivity contribution in [3.63, 3.8) is 0 Å². The first-order valence-electron chi connectivity index (χ1n) is 11.2. The molecule has 3 aliphatic rings. The maximum atomic E-state index is 12.9. The zero-order chi connectivity index (χ0) is 23.3.